The van der Waals surface area contributed by atoms with Crippen LogP contribution in [0.1, 0.15) is 35.3 Å². The molecule has 1 aromatic heterocycles. The van der Waals surface area contributed by atoms with E-state index in [0.29, 0.717) is 11.7 Å². The summed E-state index contributed by atoms with van der Waals surface area (Å²) in [7, 11) is 0. The number of carbonyl (C=O) groups is 1. The van der Waals surface area contributed by atoms with Gasteiger partial charge in [0.2, 0.25) is 0 Å². The number of para-hydroxylation sites is 2. The van der Waals surface area contributed by atoms with Crippen molar-refractivity contribution >= 4 is 17.3 Å². The zero-order valence-electron chi connectivity index (χ0n) is 11.6. The molecule has 7 heteroatoms. The van der Waals surface area contributed by atoms with Gasteiger partial charge in [0, 0.05) is 6.04 Å². The molecule has 2 aromatic rings. The number of nitrogens with zero attached hydrogens (tertiary/aromatic N) is 2. The van der Waals surface area contributed by atoms with E-state index in [-0.39, 0.29) is 5.56 Å². The smallest absolute Gasteiger partial charge is 0.282 e. The SMILES string of the molecule is O=C(Nc1ccccc1NC1CC1)c1cnnc(C(F)F)c1. The molecule has 0 aliphatic heterocycles. The molecule has 5 nitrogen and oxygen atoms in total. The maximum atomic E-state index is 12.6. The predicted octanol–water partition coefficient (Wildman–Crippen LogP) is 3.24. The lowest BCUT2D eigenvalue weighted by molar-refractivity contribution is 0.102. The monoisotopic (exact) mass is 304 g/mol. The first-order valence-electron chi connectivity index (χ1n) is 6.91. The van der Waals surface area contributed by atoms with Gasteiger partial charge in [0.05, 0.1) is 23.1 Å². The van der Waals surface area contributed by atoms with Gasteiger partial charge in [-0.15, -0.1) is 5.10 Å². The van der Waals surface area contributed by atoms with E-state index in [9.17, 15) is 13.6 Å². The molecule has 114 valence electrons. The summed E-state index contributed by atoms with van der Waals surface area (Å²) in [6.07, 6.45) is 0.616. The molecule has 2 N–H and O–H groups in total. The van der Waals surface area contributed by atoms with E-state index in [2.05, 4.69) is 20.8 Å². The van der Waals surface area contributed by atoms with Crippen molar-refractivity contribution in [2.24, 2.45) is 0 Å². The number of anilines is 2. The van der Waals surface area contributed by atoms with Crippen molar-refractivity contribution in [2.75, 3.05) is 10.6 Å². The molecule has 0 bridgehead atoms. The van der Waals surface area contributed by atoms with E-state index in [4.69, 9.17) is 0 Å². The van der Waals surface area contributed by atoms with Crippen molar-refractivity contribution in [3.8, 4) is 0 Å². The molecule has 1 aliphatic rings. The lowest BCUT2D eigenvalue weighted by atomic mass is 10.2. The highest BCUT2D eigenvalue weighted by Crippen LogP contribution is 2.29. The summed E-state index contributed by atoms with van der Waals surface area (Å²) in [4.78, 5) is 12.2. The standard InChI is InChI=1S/C15H14F2N4O/c16-14(17)13-7-9(8-18-21-13)15(22)20-12-4-2-1-3-11(12)19-10-5-6-10/h1-4,7-8,10,14,19H,5-6H2,(H,20,22). The van der Waals surface area contributed by atoms with Gasteiger partial charge in [-0.2, -0.15) is 5.10 Å². The Morgan fingerprint density at radius 2 is 1.95 bits per heavy atom. The second-order valence-corrected chi connectivity index (χ2v) is 5.09. The Morgan fingerprint density at radius 1 is 1.23 bits per heavy atom. The fourth-order valence-electron chi connectivity index (χ4n) is 1.97. The molecule has 0 spiro atoms. The maximum Gasteiger partial charge on any atom is 0.282 e. The van der Waals surface area contributed by atoms with Crippen LogP contribution >= 0.6 is 0 Å². The van der Waals surface area contributed by atoms with E-state index in [1.807, 2.05) is 12.1 Å². The normalized spacial score (nSPS) is 14.0. The van der Waals surface area contributed by atoms with Crippen LogP contribution in [0.3, 0.4) is 0 Å². The van der Waals surface area contributed by atoms with Gasteiger partial charge in [-0.1, -0.05) is 12.1 Å². The lowest BCUT2D eigenvalue weighted by Crippen LogP contribution is -2.15. The van der Waals surface area contributed by atoms with Crippen molar-refractivity contribution in [1.29, 1.82) is 0 Å². The van der Waals surface area contributed by atoms with Crippen LogP contribution < -0.4 is 10.6 Å². The van der Waals surface area contributed by atoms with Crippen molar-refractivity contribution in [1.82, 2.24) is 10.2 Å². The van der Waals surface area contributed by atoms with Gasteiger partial charge in [0.25, 0.3) is 12.3 Å². The summed E-state index contributed by atoms with van der Waals surface area (Å²) in [5, 5.41) is 12.8. The number of hydrogen-bond donors (Lipinski definition) is 2. The highest BCUT2D eigenvalue weighted by atomic mass is 19.3. The van der Waals surface area contributed by atoms with E-state index >= 15 is 0 Å². The van der Waals surface area contributed by atoms with Crippen LogP contribution in [-0.4, -0.2) is 22.1 Å². The van der Waals surface area contributed by atoms with Gasteiger partial charge in [-0.05, 0) is 31.0 Å². The van der Waals surface area contributed by atoms with Crippen LogP contribution in [0, 0.1) is 0 Å². The largest absolute Gasteiger partial charge is 0.381 e. The third-order valence-corrected chi connectivity index (χ3v) is 3.27. The number of hydrogen-bond acceptors (Lipinski definition) is 4. The van der Waals surface area contributed by atoms with E-state index in [1.165, 1.54) is 0 Å². The number of benzene rings is 1. The maximum absolute atomic E-state index is 12.6. The number of carbonyl (C=O) groups excluding carboxylic acids is 1. The van der Waals surface area contributed by atoms with Crippen molar-refractivity contribution in [3.63, 3.8) is 0 Å². The fourth-order valence-corrected chi connectivity index (χ4v) is 1.97. The number of alkyl halides is 2. The van der Waals surface area contributed by atoms with Crippen LogP contribution in [0.5, 0.6) is 0 Å². The molecular weight excluding hydrogens is 290 g/mol. The van der Waals surface area contributed by atoms with Crippen molar-refractivity contribution in [2.45, 2.75) is 25.3 Å². The van der Waals surface area contributed by atoms with Crippen LogP contribution in [0.2, 0.25) is 0 Å². The van der Waals surface area contributed by atoms with Crippen LogP contribution in [0.15, 0.2) is 36.5 Å². The van der Waals surface area contributed by atoms with Crippen LogP contribution in [0.4, 0.5) is 20.2 Å². The van der Waals surface area contributed by atoms with Gasteiger partial charge in [-0.25, -0.2) is 8.78 Å². The molecule has 0 unspecified atom stereocenters. The second kappa shape index (κ2) is 6.05. The summed E-state index contributed by atoms with van der Waals surface area (Å²) >= 11 is 0. The molecule has 22 heavy (non-hydrogen) atoms. The Bertz CT molecular complexity index is 689. The molecule has 1 saturated carbocycles. The fraction of sp³-hybridized carbons (Fsp3) is 0.267. The minimum Gasteiger partial charge on any atom is -0.381 e. The summed E-state index contributed by atoms with van der Waals surface area (Å²) in [6.45, 7) is 0. The minimum absolute atomic E-state index is 0.0477. The Balaban J connectivity index is 1.78. The topological polar surface area (TPSA) is 66.9 Å². The van der Waals surface area contributed by atoms with Crippen LogP contribution in [-0.2, 0) is 0 Å². The summed E-state index contributed by atoms with van der Waals surface area (Å²) in [5.41, 5.74) is 0.952. The Kier molecular flexibility index (Phi) is 3.95. The highest BCUT2D eigenvalue weighted by Gasteiger charge is 2.22. The van der Waals surface area contributed by atoms with Gasteiger partial charge >= 0.3 is 0 Å². The molecule has 1 aromatic carbocycles. The first-order chi connectivity index (χ1) is 10.6. The predicted molar refractivity (Wildman–Crippen MR) is 78.0 cm³/mol. The van der Waals surface area contributed by atoms with Crippen LogP contribution in [0.25, 0.3) is 0 Å². The number of halogens is 2. The Labute approximate surface area is 125 Å². The third kappa shape index (κ3) is 3.36. The number of aromatic nitrogens is 2. The highest BCUT2D eigenvalue weighted by molar-refractivity contribution is 6.05. The Hall–Kier alpha value is -2.57. The summed E-state index contributed by atoms with van der Waals surface area (Å²) in [6, 6.07) is 8.76. The van der Waals surface area contributed by atoms with Gasteiger partial charge in [0.1, 0.15) is 5.69 Å². The molecule has 1 fully saturated rings. The quantitative estimate of drug-likeness (QED) is 0.890. The molecule has 0 radical (unpaired) electrons. The van der Waals surface area contributed by atoms with Crippen molar-refractivity contribution < 1.29 is 13.6 Å². The number of nitrogens with one attached hydrogen (secondary N) is 2. The first-order valence-corrected chi connectivity index (χ1v) is 6.91. The molecule has 1 aliphatic carbocycles. The average Bonchev–Trinajstić information content (AvgIpc) is 3.33. The van der Waals surface area contributed by atoms with E-state index in [1.54, 1.807) is 12.1 Å². The zero-order chi connectivity index (χ0) is 15.5. The molecule has 0 saturated heterocycles. The van der Waals surface area contributed by atoms with Gasteiger partial charge in [0.15, 0.2) is 0 Å². The van der Waals surface area contributed by atoms with E-state index in [0.717, 1.165) is 30.8 Å². The summed E-state index contributed by atoms with van der Waals surface area (Å²) in [5.74, 6) is -0.498. The minimum atomic E-state index is -2.76. The van der Waals surface area contributed by atoms with Gasteiger partial charge in [-0.3, -0.25) is 4.79 Å². The van der Waals surface area contributed by atoms with E-state index < -0.39 is 18.0 Å². The summed E-state index contributed by atoms with van der Waals surface area (Å²) < 4.78 is 25.2. The number of rotatable bonds is 5. The van der Waals surface area contributed by atoms with Crippen molar-refractivity contribution in [3.05, 3.63) is 47.8 Å². The molecule has 3 rings (SSSR count). The average molecular weight is 304 g/mol. The van der Waals surface area contributed by atoms with Gasteiger partial charge < -0.3 is 10.6 Å². The molecule has 0 atom stereocenters. The molecular formula is C15H14F2N4O. The molecule has 1 heterocycles. The lowest BCUT2D eigenvalue weighted by Gasteiger charge is -2.12. The first kappa shape index (κ1) is 14.4. The zero-order valence-corrected chi connectivity index (χ0v) is 11.6. The third-order valence-electron chi connectivity index (χ3n) is 3.27. The Morgan fingerprint density at radius 3 is 2.64 bits per heavy atom. The number of amides is 1. The molecule has 1 amide bonds. The second-order valence-electron chi connectivity index (χ2n) is 5.09.